The Balaban J connectivity index is 1.95. The van der Waals surface area contributed by atoms with Gasteiger partial charge < -0.3 is 9.30 Å². The van der Waals surface area contributed by atoms with Crippen molar-refractivity contribution >= 4 is 34.2 Å². The van der Waals surface area contributed by atoms with Crippen molar-refractivity contribution in [2.24, 2.45) is 0 Å². The highest BCUT2D eigenvalue weighted by atomic mass is 35.5. The van der Waals surface area contributed by atoms with Gasteiger partial charge in [-0.1, -0.05) is 11.6 Å². The second-order valence-corrected chi connectivity index (χ2v) is 5.99. The van der Waals surface area contributed by atoms with Gasteiger partial charge in [0.05, 0.1) is 17.1 Å². The van der Waals surface area contributed by atoms with Crippen LogP contribution in [0.15, 0.2) is 18.2 Å². The third-order valence-electron chi connectivity index (χ3n) is 3.88. The SMILES string of the molecule is CCOC1CC(n2c(CCCl)nc3ccc(Cl)cc32)C1. The maximum Gasteiger partial charge on any atom is 0.111 e. The zero-order valence-corrected chi connectivity index (χ0v) is 13.0. The number of aryl methyl sites for hydroxylation is 1. The summed E-state index contributed by atoms with van der Waals surface area (Å²) in [5.74, 6) is 1.63. The predicted molar refractivity (Wildman–Crippen MR) is 82.9 cm³/mol. The molecule has 1 aromatic carbocycles. The molecule has 1 aliphatic carbocycles. The summed E-state index contributed by atoms with van der Waals surface area (Å²) in [6.45, 7) is 2.82. The minimum Gasteiger partial charge on any atom is -0.378 e. The van der Waals surface area contributed by atoms with Crippen molar-refractivity contribution in [3.63, 3.8) is 0 Å². The lowest BCUT2D eigenvalue weighted by Gasteiger charge is -2.37. The molecule has 5 heteroatoms. The summed E-state index contributed by atoms with van der Waals surface area (Å²) in [5, 5.41) is 0.747. The van der Waals surface area contributed by atoms with E-state index in [1.54, 1.807) is 0 Å². The lowest BCUT2D eigenvalue weighted by Crippen LogP contribution is -2.34. The summed E-state index contributed by atoms with van der Waals surface area (Å²) in [6, 6.07) is 6.31. The van der Waals surface area contributed by atoms with Gasteiger partial charge in [-0.3, -0.25) is 0 Å². The number of alkyl halides is 1. The van der Waals surface area contributed by atoms with Gasteiger partial charge >= 0.3 is 0 Å². The molecule has 1 aromatic heterocycles. The molecule has 0 unspecified atom stereocenters. The van der Waals surface area contributed by atoms with Gasteiger partial charge in [-0.2, -0.15) is 0 Å². The Morgan fingerprint density at radius 2 is 2.20 bits per heavy atom. The highest BCUT2D eigenvalue weighted by molar-refractivity contribution is 6.31. The number of imidazole rings is 1. The van der Waals surface area contributed by atoms with Crippen molar-refractivity contribution in [2.75, 3.05) is 12.5 Å². The second-order valence-electron chi connectivity index (χ2n) is 5.17. The van der Waals surface area contributed by atoms with Gasteiger partial charge in [0.2, 0.25) is 0 Å². The van der Waals surface area contributed by atoms with E-state index in [0.717, 1.165) is 47.7 Å². The smallest absolute Gasteiger partial charge is 0.111 e. The highest BCUT2D eigenvalue weighted by Crippen LogP contribution is 2.38. The van der Waals surface area contributed by atoms with Crippen LogP contribution in [-0.2, 0) is 11.2 Å². The van der Waals surface area contributed by atoms with Crippen LogP contribution in [0.1, 0.15) is 31.6 Å². The first-order valence-corrected chi connectivity index (χ1v) is 7.98. The summed E-state index contributed by atoms with van der Waals surface area (Å²) < 4.78 is 7.96. The van der Waals surface area contributed by atoms with Crippen LogP contribution in [-0.4, -0.2) is 28.1 Å². The van der Waals surface area contributed by atoms with Gasteiger partial charge in [0.1, 0.15) is 5.82 Å². The molecular weight excluding hydrogens is 295 g/mol. The third-order valence-corrected chi connectivity index (χ3v) is 4.30. The van der Waals surface area contributed by atoms with Crippen molar-refractivity contribution < 1.29 is 4.74 Å². The van der Waals surface area contributed by atoms with Crippen LogP contribution in [0.2, 0.25) is 5.02 Å². The number of hydrogen-bond donors (Lipinski definition) is 0. The van der Waals surface area contributed by atoms with E-state index in [2.05, 4.69) is 4.57 Å². The molecule has 1 aliphatic rings. The number of aromatic nitrogens is 2. The minimum atomic E-state index is 0.380. The van der Waals surface area contributed by atoms with Crippen molar-refractivity contribution in [3.8, 4) is 0 Å². The van der Waals surface area contributed by atoms with Crippen LogP contribution in [0.3, 0.4) is 0 Å². The maximum atomic E-state index is 6.13. The molecule has 0 spiro atoms. The van der Waals surface area contributed by atoms with Gasteiger partial charge in [0, 0.05) is 30.0 Å². The summed E-state index contributed by atoms with van der Waals surface area (Å²) in [5.41, 5.74) is 2.10. The van der Waals surface area contributed by atoms with Crippen molar-refractivity contribution in [1.82, 2.24) is 9.55 Å². The molecule has 0 bridgehead atoms. The van der Waals surface area contributed by atoms with Crippen LogP contribution >= 0.6 is 23.2 Å². The fourth-order valence-electron chi connectivity index (χ4n) is 2.90. The third kappa shape index (κ3) is 2.54. The molecule has 0 amide bonds. The zero-order chi connectivity index (χ0) is 14.1. The highest BCUT2D eigenvalue weighted by Gasteiger charge is 2.33. The molecule has 108 valence electrons. The number of benzene rings is 1. The Bertz CT molecular complexity index is 605. The topological polar surface area (TPSA) is 27.1 Å². The zero-order valence-electron chi connectivity index (χ0n) is 11.5. The van der Waals surface area contributed by atoms with E-state index in [0.29, 0.717) is 18.0 Å². The van der Waals surface area contributed by atoms with Crippen LogP contribution in [0.25, 0.3) is 11.0 Å². The van der Waals surface area contributed by atoms with E-state index >= 15 is 0 Å². The van der Waals surface area contributed by atoms with E-state index in [1.165, 1.54) is 0 Å². The quantitative estimate of drug-likeness (QED) is 0.773. The summed E-state index contributed by atoms with van der Waals surface area (Å²) in [6.07, 6.45) is 3.25. The first-order chi connectivity index (χ1) is 9.72. The summed E-state index contributed by atoms with van der Waals surface area (Å²) in [7, 11) is 0. The van der Waals surface area contributed by atoms with Gasteiger partial charge in [-0.15, -0.1) is 11.6 Å². The van der Waals surface area contributed by atoms with E-state index in [-0.39, 0.29) is 0 Å². The lowest BCUT2D eigenvalue weighted by atomic mass is 9.88. The molecular formula is C15H18Cl2N2O. The molecule has 3 nitrogen and oxygen atoms in total. The first-order valence-electron chi connectivity index (χ1n) is 7.06. The van der Waals surface area contributed by atoms with Crippen molar-refractivity contribution in [1.29, 1.82) is 0 Å². The van der Waals surface area contributed by atoms with Crippen LogP contribution in [0.5, 0.6) is 0 Å². The molecule has 2 aromatic rings. The van der Waals surface area contributed by atoms with Crippen LogP contribution in [0, 0.1) is 0 Å². The van der Waals surface area contributed by atoms with E-state index in [4.69, 9.17) is 32.9 Å². The molecule has 1 saturated carbocycles. The van der Waals surface area contributed by atoms with E-state index in [1.807, 2.05) is 25.1 Å². The Morgan fingerprint density at radius 1 is 1.40 bits per heavy atom. The maximum absolute atomic E-state index is 6.13. The first kappa shape index (κ1) is 14.2. The van der Waals surface area contributed by atoms with E-state index in [9.17, 15) is 0 Å². The molecule has 20 heavy (non-hydrogen) atoms. The number of rotatable bonds is 5. The van der Waals surface area contributed by atoms with Gasteiger partial charge in [0.25, 0.3) is 0 Å². The van der Waals surface area contributed by atoms with E-state index < -0.39 is 0 Å². The normalized spacial score (nSPS) is 22.1. The average molecular weight is 313 g/mol. The molecule has 0 radical (unpaired) electrons. The lowest BCUT2D eigenvalue weighted by molar-refractivity contribution is -0.0192. The number of hydrogen-bond acceptors (Lipinski definition) is 2. The average Bonchev–Trinajstić information content (AvgIpc) is 2.71. The number of fused-ring (bicyclic) bond motifs is 1. The number of nitrogens with zero attached hydrogens (tertiary/aromatic N) is 2. The van der Waals surface area contributed by atoms with Crippen molar-refractivity contribution in [2.45, 2.75) is 38.3 Å². The number of ether oxygens (including phenoxy) is 1. The Kier molecular flexibility index (Phi) is 4.20. The Labute approximate surface area is 128 Å². The molecule has 1 heterocycles. The largest absolute Gasteiger partial charge is 0.378 e. The molecule has 0 atom stereocenters. The molecule has 1 fully saturated rings. The predicted octanol–water partition coefficient (Wildman–Crippen LogP) is 4.21. The van der Waals surface area contributed by atoms with Gasteiger partial charge in [-0.25, -0.2) is 4.98 Å². The number of halogens is 2. The van der Waals surface area contributed by atoms with Crippen LogP contribution < -0.4 is 0 Å². The standard InChI is InChI=1S/C15H18Cl2N2O/c1-2-20-12-8-11(9-12)19-14-7-10(17)3-4-13(14)18-15(19)5-6-16/h3-4,7,11-12H,2,5-6,8-9H2,1H3. The summed E-state index contributed by atoms with van der Waals surface area (Å²) >= 11 is 12.0. The fraction of sp³-hybridized carbons (Fsp3) is 0.533. The van der Waals surface area contributed by atoms with Gasteiger partial charge in [0.15, 0.2) is 0 Å². The molecule has 0 saturated heterocycles. The summed E-state index contributed by atoms with van der Waals surface area (Å²) in [4.78, 5) is 4.70. The fourth-order valence-corrected chi connectivity index (χ4v) is 3.24. The molecule has 0 aliphatic heterocycles. The Hall–Kier alpha value is -0.770. The minimum absolute atomic E-state index is 0.380. The van der Waals surface area contributed by atoms with Gasteiger partial charge in [-0.05, 0) is 38.0 Å². The van der Waals surface area contributed by atoms with Crippen molar-refractivity contribution in [3.05, 3.63) is 29.0 Å². The second kappa shape index (κ2) is 5.92. The molecule has 3 rings (SSSR count). The monoisotopic (exact) mass is 312 g/mol. The molecule has 0 N–H and O–H groups in total. The Morgan fingerprint density at radius 3 is 2.90 bits per heavy atom. The van der Waals surface area contributed by atoms with Crippen LogP contribution in [0.4, 0.5) is 0 Å².